The fourth-order valence-corrected chi connectivity index (χ4v) is 1.38. The van der Waals surface area contributed by atoms with E-state index in [1.807, 2.05) is 5.10 Å². The lowest BCUT2D eigenvalue weighted by Gasteiger charge is -2.04. The second kappa shape index (κ2) is 3.55. The second-order valence-corrected chi connectivity index (χ2v) is 3.22. The van der Waals surface area contributed by atoms with Crippen LogP contribution in [0.2, 0.25) is 0 Å². The molecule has 0 aliphatic heterocycles. The summed E-state index contributed by atoms with van der Waals surface area (Å²) < 4.78 is 37.3. The number of H-pyrrole nitrogens is 1. The van der Waals surface area contributed by atoms with E-state index in [9.17, 15) is 13.2 Å². The Kier molecular flexibility index (Phi) is 2.34. The quantitative estimate of drug-likeness (QED) is 0.786. The van der Waals surface area contributed by atoms with E-state index in [2.05, 4.69) is 5.10 Å². The highest BCUT2D eigenvalue weighted by molar-refractivity contribution is 5.74. The van der Waals surface area contributed by atoms with E-state index >= 15 is 0 Å². The van der Waals surface area contributed by atoms with Crippen LogP contribution in [0.4, 0.5) is 18.9 Å². The van der Waals surface area contributed by atoms with Gasteiger partial charge in [0.1, 0.15) is 5.69 Å². The molecular weight excluding hydrogens is 219 g/mol. The molecule has 0 fully saturated rings. The Morgan fingerprint density at radius 1 is 1.12 bits per heavy atom. The standard InChI is InChI=1S/C10H8F3N3/c11-10(12,13)9-7(14)8(15-16-9)6-4-2-1-3-5-6/h1-5H,14H2,(H,15,16). The summed E-state index contributed by atoms with van der Waals surface area (Å²) in [6.45, 7) is 0. The lowest BCUT2D eigenvalue weighted by Crippen LogP contribution is -2.08. The van der Waals surface area contributed by atoms with Crippen molar-refractivity contribution >= 4 is 5.69 Å². The summed E-state index contributed by atoms with van der Waals surface area (Å²) >= 11 is 0. The molecule has 0 bridgehead atoms. The maximum atomic E-state index is 12.4. The van der Waals surface area contributed by atoms with Gasteiger partial charge in [0.2, 0.25) is 0 Å². The molecule has 3 N–H and O–H groups in total. The number of aromatic nitrogens is 2. The third-order valence-electron chi connectivity index (χ3n) is 2.13. The molecule has 2 rings (SSSR count). The average Bonchev–Trinajstić information content (AvgIpc) is 2.61. The third-order valence-corrected chi connectivity index (χ3v) is 2.13. The fourth-order valence-electron chi connectivity index (χ4n) is 1.38. The third kappa shape index (κ3) is 1.73. The number of hydrogen-bond donors (Lipinski definition) is 2. The van der Waals surface area contributed by atoms with Crippen molar-refractivity contribution in [3.8, 4) is 11.3 Å². The van der Waals surface area contributed by atoms with Crippen LogP contribution in [0.3, 0.4) is 0 Å². The molecule has 1 heterocycles. The highest BCUT2D eigenvalue weighted by atomic mass is 19.4. The van der Waals surface area contributed by atoms with Crippen LogP contribution >= 0.6 is 0 Å². The molecule has 0 atom stereocenters. The monoisotopic (exact) mass is 227 g/mol. The van der Waals surface area contributed by atoms with Gasteiger partial charge in [-0.3, -0.25) is 5.10 Å². The highest BCUT2D eigenvalue weighted by Gasteiger charge is 2.36. The molecule has 3 nitrogen and oxygen atoms in total. The highest BCUT2D eigenvalue weighted by Crippen LogP contribution is 2.36. The number of halogens is 3. The van der Waals surface area contributed by atoms with Crippen molar-refractivity contribution in [2.75, 3.05) is 5.73 Å². The van der Waals surface area contributed by atoms with Gasteiger partial charge in [-0.25, -0.2) is 0 Å². The van der Waals surface area contributed by atoms with Crippen LogP contribution in [-0.4, -0.2) is 10.2 Å². The van der Waals surface area contributed by atoms with E-state index in [4.69, 9.17) is 5.73 Å². The number of nitrogens with two attached hydrogens (primary N) is 1. The number of anilines is 1. The van der Waals surface area contributed by atoms with Crippen LogP contribution in [0.25, 0.3) is 11.3 Å². The summed E-state index contributed by atoms with van der Waals surface area (Å²) in [5, 5.41) is 5.49. The molecule has 1 aromatic carbocycles. The summed E-state index contributed by atoms with van der Waals surface area (Å²) in [6.07, 6.45) is -4.51. The smallest absolute Gasteiger partial charge is 0.395 e. The first-order valence-corrected chi connectivity index (χ1v) is 4.46. The molecule has 6 heteroatoms. The number of rotatable bonds is 1. The van der Waals surface area contributed by atoms with Gasteiger partial charge in [0.15, 0.2) is 5.69 Å². The number of alkyl halides is 3. The summed E-state index contributed by atoms with van der Waals surface area (Å²) in [7, 11) is 0. The van der Waals surface area contributed by atoms with Crippen molar-refractivity contribution in [3.05, 3.63) is 36.0 Å². The number of benzene rings is 1. The van der Waals surface area contributed by atoms with E-state index in [-0.39, 0.29) is 11.4 Å². The minimum Gasteiger partial charge on any atom is -0.395 e. The maximum Gasteiger partial charge on any atom is 0.434 e. The van der Waals surface area contributed by atoms with Gasteiger partial charge >= 0.3 is 6.18 Å². The molecule has 2 aromatic rings. The maximum absolute atomic E-state index is 12.4. The molecule has 0 amide bonds. The molecule has 0 saturated heterocycles. The molecule has 0 saturated carbocycles. The molecule has 0 spiro atoms. The molecular formula is C10H8F3N3. The summed E-state index contributed by atoms with van der Waals surface area (Å²) in [4.78, 5) is 0. The SMILES string of the molecule is Nc1c(-c2ccccc2)n[nH]c1C(F)(F)F. The van der Waals surface area contributed by atoms with Gasteiger partial charge in [-0.15, -0.1) is 0 Å². The molecule has 16 heavy (non-hydrogen) atoms. The summed E-state index contributed by atoms with van der Waals surface area (Å²) in [5.74, 6) is 0. The summed E-state index contributed by atoms with van der Waals surface area (Å²) in [6, 6.07) is 8.46. The first kappa shape index (κ1) is 10.5. The van der Waals surface area contributed by atoms with Crippen LogP contribution in [0.15, 0.2) is 30.3 Å². The van der Waals surface area contributed by atoms with Crippen LogP contribution in [0.5, 0.6) is 0 Å². The Morgan fingerprint density at radius 3 is 2.25 bits per heavy atom. The van der Waals surface area contributed by atoms with E-state index in [1.54, 1.807) is 30.3 Å². The van der Waals surface area contributed by atoms with Gasteiger partial charge in [0.05, 0.1) is 5.69 Å². The predicted molar refractivity (Wildman–Crippen MR) is 53.4 cm³/mol. The van der Waals surface area contributed by atoms with E-state index < -0.39 is 11.9 Å². The lowest BCUT2D eigenvalue weighted by atomic mass is 10.1. The lowest BCUT2D eigenvalue weighted by molar-refractivity contribution is -0.140. The molecule has 0 unspecified atom stereocenters. The number of nitrogens with zero attached hydrogens (tertiary/aromatic N) is 1. The van der Waals surface area contributed by atoms with Crippen molar-refractivity contribution in [1.29, 1.82) is 0 Å². The van der Waals surface area contributed by atoms with Gasteiger partial charge in [-0.05, 0) is 0 Å². The van der Waals surface area contributed by atoms with Gasteiger partial charge < -0.3 is 5.73 Å². The first-order valence-electron chi connectivity index (χ1n) is 4.46. The Balaban J connectivity index is 2.50. The molecule has 1 aromatic heterocycles. The predicted octanol–water partition coefficient (Wildman–Crippen LogP) is 2.68. The van der Waals surface area contributed by atoms with Crippen LogP contribution < -0.4 is 5.73 Å². The van der Waals surface area contributed by atoms with Crippen LogP contribution in [-0.2, 0) is 6.18 Å². The van der Waals surface area contributed by atoms with Gasteiger partial charge in [0, 0.05) is 5.56 Å². The second-order valence-electron chi connectivity index (χ2n) is 3.22. The van der Waals surface area contributed by atoms with Crippen molar-refractivity contribution in [3.63, 3.8) is 0 Å². The number of hydrogen-bond acceptors (Lipinski definition) is 2. The van der Waals surface area contributed by atoms with E-state index in [1.165, 1.54) is 0 Å². The zero-order chi connectivity index (χ0) is 11.8. The Labute approximate surface area is 89.1 Å². The Hall–Kier alpha value is -1.98. The normalized spacial score (nSPS) is 11.7. The van der Waals surface area contributed by atoms with Crippen LogP contribution in [0, 0.1) is 0 Å². The number of nitrogen functional groups attached to an aromatic ring is 1. The fraction of sp³-hybridized carbons (Fsp3) is 0.100. The minimum atomic E-state index is -4.51. The molecule has 0 aliphatic carbocycles. The van der Waals surface area contributed by atoms with Crippen molar-refractivity contribution in [2.45, 2.75) is 6.18 Å². The van der Waals surface area contributed by atoms with Gasteiger partial charge in [-0.2, -0.15) is 18.3 Å². The van der Waals surface area contributed by atoms with Gasteiger partial charge in [-0.1, -0.05) is 30.3 Å². The Bertz CT molecular complexity index is 488. The zero-order valence-corrected chi connectivity index (χ0v) is 8.05. The average molecular weight is 227 g/mol. The minimum absolute atomic E-state index is 0.118. The van der Waals surface area contributed by atoms with Gasteiger partial charge in [0.25, 0.3) is 0 Å². The van der Waals surface area contributed by atoms with Crippen molar-refractivity contribution in [1.82, 2.24) is 10.2 Å². The van der Waals surface area contributed by atoms with E-state index in [0.29, 0.717) is 5.56 Å². The van der Waals surface area contributed by atoms with E-state index in [0.717, 1.165) is 0 Å². The molecule has 0 radical (unpaired) electrons. The molecule has 84 valence electrons. The molecule has 0 aliphatic rings. The Morgan fingerprint density at radius 2 is 1.75 bits per heavy atom. The number of nitrogens with one attached hydrogen (secondary N) is 1. The first-order chi connectivity index (χ1) is 7.50. The summed E-state index contributed by atoms with van der Waals surface area (Å²) in [5.41, 5.74) is 4.69. The largest absolute Gasteiger partial charge is 0.434 e. The van der Waals surface area contributed by atoms with Crippen LogP contribution in [0.1, 0.15) is 5.69 Å². The van der Waals surface area contributed by atoms with Crippen molar-refractivity contribution in [2.24, 2.45) is 0 Å². The van der Waals surface area contributed by atoms with Crippen molar-refractivity contribution < 1.29 is 13.2 Å². The number of aromatic amines is 1. The topological polar surface area (TPSA) is 54.7 Å². The zero-order valence-electron chi connectivity index (χ0n) is 8.05.